The van der Waals surface area contributed by atoms with Gasteiger partial charge in [-0.05, 0) is 18.4 Å². The van der Waals surface area contributed by atoms with Crippen LogP contribution in [0.2, 0.25) is 0 Å². The molecule has 6 nitrogen and oxygen atoms in total. The number of benzene rings is 1. The molecule has 6 heteroatoms. The second kappa shape index (κ2) is 6.88. The van der Waals surface area contributed by atoms with Crippen LogP contribution in [0.3, 0.4) is 0 Å². The summed E-state index contributed by atoms with van der Waals surface area (Å²) in [6.45, 7) is 4.71. The number of hydrogen-bond donors (Lipinski definition) is 1. The predicted molar refractivity (Wildman–Crippen MR) is 79.2 cm³/mol. The van der Waals surface area contributed by atoms with E-state index in [1.54, 1.807) is 25.1 Å². The molecule has 1 amide bonds. The first-order valence-electron chi connectivity index (χ1n) is 6.57. The summed E-state index contributed by atoms with van der Waals surface area (Å²) in [4.78, 5) is 24.3. The van der Waals surface area contributed by atoms with E-state index in [1.165, 1.54) is 12.1 Å². The highest BCUT2D eigenvalue weighted by atomic mass is 16.6. The molecule has 0 bridgehead atoms. The van der Waals surface area contributed by atoms with Crippen molar-refractivity contribution in [3.63, 3.8) is 0 Å². The number of rotatable bonds is 6. The number of non-ortho nitro benzene ring substituents is 1. The van der Waals surface area contributed by atoms with Gasteiger partial charge >= 0.3 is 0 Å². The molecule has 0 spiro atoms. The van der Waals surface area contributed by atoms with Gasteiger partial charge in [0.2, 0.25) is 0 Å². The summed E-state index contributed by atoms with van der Waals surface area (Å²) in [6.07, 6.45) is 0.873. The van der Waals surface area contributed by atoms with Gasteiger partial charge in [0.15, 0.2) is 0 Å². The van der Waals surface area contributed by atoms with Crippen LogP contribution >= 0.6 is 0 Å². The zero-order valence-electron chi connectivity index (χ0n) is 12.3. The van der Waals surface area contributed by atoms with Gasteiger partial charge < -0.3 is 10.2 Å². The van der Waals surface area contributed by atoms with Crippen LogP contribution in [0, 0.1) is 16.0 Å². The van der Waals surface area contributed by atoms with Crippen LogP contribution < -0.4 is 10.2 Å². The van der Waals surface area contributed by atoms with Crippen LogP contribution in [0.5, 0.6) is 0 Å². The standard InChI is InChI=1S/C14H21N3O3/c1-10(2)7-8-15-14(18)12-9-11(17(19)20)5-6-13(12)16(3)4/h5-6,9-10H,7-8H2,1-4H3,(H,15,18). The van der Waals surface area contributed by atoms with E-state index in [0.717, 1.165) is 6.42 Å². The van der Waals surface area contributed by atoms with Gasteiger partial charge in [-0.15, -0.1) is 0 Å². The smallest absolute Gasteiger partial charge is 0.270 e. The van der Waals surface area contributed by atoms with Gasteiger partial charge in [-0.3, -0.25) is 14.9 Å². The zero-order valence-corrected chi connectivity index (χ0v) is 12.3. The van der Waals surface area contributed by atoms with Gasteiger partial charge in [0.05, 0.1) is 10.5 Å². The number of carbonyl (C=O) groups excluding carboxylic acids is 1. The molecule has 0 radical (unpaired) electrons. The molecule has 1 N–H and O–H groups in total. The largest absolute Gasteiger partial charge is 0.377 e. The molecule has 0 aliphatic rings. The van der Waals surface area contributed by atoms with E-state index in [0.29, 0.717) is 23.7 Å². The van der Waals surface area contributed by atoms with E-state index >= 15 is 0 Å². The average Bonchev–Trinajstić information content (AvgIpc) is 2.37. The Morgan fingerprint density at radius 3 is 2.55 bits per heavy atom. The maximum absolute atomic E-state index is 12.2. The van der Waals surface area contributed by atoms with Gasteiger partial charge in [-0.25, -0.2) is 0 Å². The van der Waals surface area contributed by atoms with Crippen molar-refractivity contribution in [2.24, 2.45) is 5.92 Å². The van der Waals surface area contributed by atoms with E-state index < -0.39 is 4.92 Å². The summed E-state index contributed by atoms with van der Waals surface area (Å²) in [7, 11) is 3.60. The molecule has 0 aliphatic heterocycles. The van der Waals surface area contributed by atoms with Gasteiger partial charge in [0.1, 0.15) is 0 Å². The molecular formula is C14H21N3O3. The molecule has 0 saturated heterocycles. The Kier molecular flexibility index (Phi) is 5.49. The number of carbonyl (C=O) groups is 1. The number of nitrogens with one attached hydrogen (secondary N) is 1. The number of nitrogens with zero attached hydrogens (tertiary/aromatic N) is 2. The first-order chi connectivity index (χ1) is 9.32. The molecule has 1 aromatic rings. The lowest BCUT2D eigenvalue weighted by Crippen LogP contribution is -2.27. The second-order valence-corrected chi connectivity index (χ2v) is 5.29. The van der Waals surface area contributed by atoms with Crippen molar-refractivity contribution in [3.05, 3.63) is 33.9 Å². The minimum Gasteiger partial charge on any atom is -0.377 e. The van der Waals surface area contributed by atoms with Gasteiger partial charge in [-0.2, -0.15) is 0 Å². The minimum atomic E-state index is -0.496. The maximum Gasteiger partial charge on any atom is 0.270 e. The highest BCUT2D eigenvalue weighted by Gasteiger charge is 2.17. The summed E-state index contributed by atoms with van der Waals surface area (Å²) in [5, 5.41) is 13.6. The third-order valence-electron chi connectivity index (χ3n) is 2.92. The maximum atomic E-state index is 12.2. The van der Waals surface area contributed by atoms with E-state index in [-0.39, 0.29) is 11.6 Å². The molecule has 20 heavy (non-hydrogen) atoms. The van der Waals surface area contributed by atoms with Crippen molar-refractivity contribution < 1.29 is 9.72 Å². The summed E-state index contributed by atoms with van der Waals surface area (Å²) in [5.74, 6) is 0.215. The molecule has 0 aromatic heterocycles. The fourth-order valence-electron chi connectivity index (χ4n) is 1.78. The Bertz CT molecular complexity index is 498. The van der Waals surface area contributed by atoms with Crippen molar-refractivity contribution >= 4 is 17.3 Å². The Balaban J connectivity index is 2.97. The Morgan fingerprint density at radius 1 is 1.40 bits per heavy atom. The van der Waals surface area contributed by atoms with E-state index in [4.69, 9.17) is 0 Å². The van der Waals surface area contributed by atoms with Crippen LogP contribution in [0.15, 0.2) is 18.2 Å². The molecule has 0 heterocycles. The monoisotopic (exact) mass is 279 g/mol. The third-order valence-corrected chi connectivity index (χ3v) is 2.92. The number of nitro groups is 1. The normalized spacial score (nSPS) is 10.4. The number of nitro benzene ring substituents is 1. The fourth-order valence-corrected chi connectivity index (χ4v) is 1.78. The lowest BCUT2D eigenvalue weighted by atomic mass is 10.1. The molecule has 0 unspecified atom stereocenters. The van der Waals surface area contributed by atoms with Crippen molar-refractivity contribution in [2.45, 2.75) is 20.3 Å². The Labute approximate surface area is 118 Å². The van der Waals surface area contributed by atoms with Crippen LogP contribution in [0.4, 0.5) is 11.4 Å². The quantitative estimate of drug-likeness (QED) is 0.641. The summed E-state index contributed by atoms with van der Waals surface area (Å²) < 4.78 is 0. The average molecular weight is 279 g/mol. The minimum absolute atomic E-state index is 0.0791. The molecule has 110 valence electrons. The molecule has 1 aromatic carbocycles. The summed E-state index contributed by atoms with van der Waals surface area (Å²) >= 11 is 0. The molecule has 0 atom stereocenters. The van der Waals surface area contributed by atoms with Gasteiger partial charge in [-0.1, -0.05) is 13.8 Å². The molecular weight excluding hydrogens is 258 g/mol. The van der Waals surface area contributed by atoms with Crippen LogP contribution in [0.1, 0.15) is 30.6 Å². The fraction of sp³-hybridized carbons (Fsp3) is 0.500. The number of hydrogen-bond acceptors (Lipinski definition) is 4. The lowest BCUT2D eigenvalue weighted by Gasteiger charge is -2.17. The van der Waals surface area contributed by atoms with Crippen molar-refractivity contribution in [2.75, 3.05) is 25.5 Å². The van der Waals surface area contributed by atoms with Crippen molar-refractivity contribution in [3.8, 4) is 0 Å². The molecule has 0 fully saturated rings. The van der Waals surface area contributed by atoms with Gasteiger partial charge in [0, 0.05) is 38.5 Å². The lowest BCUT2D eigenvalue weighted by molar-refractivity contribution is -0.384. The number of anilines is 1. The van der Waals surface area contributed by atoms with Crippen molar-refractivity contribution in [1.29, 1.82) is 0 Å². The third kappa shape index (κ3) is 4.22. The molecule has 0 saturated carbocycles. The Morgan fingerprint density at radius 2 is 2.05 bits per heavy atom. The number of amides is 1. The summed E-state index contributed by atoms with van der Waals surface area (Å²) in [6, 6.07) is 4.32. The highest BCUT2D eigenvalue weighted by molar-refractivity contribution is 6.00. The Hall–Kier alpha value is -2.11. The van der Waals surface area contributed by atoms with Crippen molar-refractivity contribution in [1.82, 2.24) is 5.32 Å². The van der Waals surface area contributed by atoms with E-state index in [2.05, 4.69) is 19.2 Å². The molecule has 0 aliphatic carbocycles. The van der Waals surface area contributed by atoms with Crippen LogP contribution in [0.25, 0.3) is 0 Å². The SMILES string of the molecule is CC(C)CCNC(=O)c1cc([N+](=O)[O-])ccc1N(C)C. The van der Waals surface area contributed by atoms with E-state index in [1.807, 2.05) is 0 Å². The van der Waals surface area contributed by atoms with Crippen LogP contribution in [-0.4, -0.2) is 31.5 Å². The first-order valence-corrected chi connectivity index (χ1v) is 6.57. The first kappa shape index (κ1) is 15.9. The predicted octanol–water partition coefficient (Wildman–Crippen LogP) is 2.44. The highest BCUT2D eigenvalue weighted by Crippen LogP contribution is 2.24. The second-order valence-electron chi connectivity index (χ2n) is 5.29. The van der Waals surface area contributed by atoms with Crippen LogP contribution in [-0.2, 0) is 0 Å². The van der Waals surface area contributed by atoms with E-state index in [9.17, 15) is 14.9 Å². The molecule has 1 rings (SSSR count). The zero-order chi connectivity index (χ0) is 15.3. The van der Waals surface area contributed by atoms with Gasteiger partial charge in [0.25, 0.3) is 11.6 Å². The topological polar surface area (TPSA) is 75.5 Å². The summed E-state index contributed by atoms with van der Waals surface area (Å²) in [5.41, 5.74) is 0.912.